The number of halogens is 5. The maximum absolute atomic E-state index is 12.6. The molecule has 0 fully saturated rings. The van der Waals surface area contributed by atoms with Gasteiger partial charge in [0.05, 0.1) is 12.1 Å². The number of aliphatic imine (C=N–C) groups is 1. The van der Waals surface area contributed by atoms with Crippen molar-refractivity contribution in [3.05, 3.63) is 35.0 Å². The van der Waals surface area contributed by atoms with E-state index < -0.39 is 11.7 Å². The van der Waals surface area contributed by atoms with Crippen molar-refractivity contribution in [2.24, 2.45) is 4.99 Å². The molecular weight excluding hydrogens is 526 g/mol. The van der Waals surface area contributed by atoms with Crippen molar-refractivity contribution in [2.75, 3.05) is 26.7 Å². The van der Waals surface area contributed by atoms with Crippen LogP contribution in [0.5, 0.6) is 5.88 Å². The number of hydrogen-bond acceptors (Lipinski definition) is 5. The number of nitrogens with zero attached hydrogens (tertiary/aromatic N) is 5. The maximum atomic E-state index is 12.6. The lowest BCUT2D eigenvalue weighted by atomic mass is 10.3. The number of aryl methyl sites for hydroxylation is 1. The van der Waals surface area contributed by atoms with Crippen LogP contribution in [0.4, 0.5) is 13.2 Å². The van der Waals surface area contributed by atoms with Crippen LogP contribution < -0.4 is 15.4 Å². The topological polar surface area (TPSA) is 89.2 Å². The van der Waals surface area contributed by atoms with E-state index in [1.54, 1.807) is 13.4 Å². The van der Waals surface area contributed by atoms with Gasteiger partial charge in [-0.1, -0.05) is 18.5 Å². The molecule has 2 rings (SSSR count). The van der Waals surface area contributed by atoms with Gasteiger partial charge in [-0.25, -0.2) is 4.98 Å². The molecule has 0 aliphatic rings. The zero-order valence-corrected chi connectivity index (χ0v) is 18.9. The first-order valence-electron chi connectivity index (χ1n) is 8.51. The number of nitrogens with one attached hydrogen (secondary N) is 2. The van der Waals surface area contributed by atoms with Gasteiger partial charge >= 0.3 is 6.18 Å². The Bertz CT molecular complexity index is 801. The summed E-state index contributed by atoms with van der Waals surface area (Å²) in [4.78, 5) is 7.70. The van der Waals surface area contributed by atoms with E-state index in [2.05, 4.69) is 30.8 Å². The molecule has 0 saturated heterocycles. The third kappa shape index (κ3) is 7.84. The third-order valence-electron chi connectivity index (χ3n) is 3.65. The molecule has 0 saturated carbocycles. The van der Waals surface area contributed by atoms with Crippen LogP contribution in [0.15, 0.2) is 23.6 Å². The minimum atomic E-state index is -4.50. The second-order valence-corrected chi connectivity index (χ2v) is 5.98. The Morgan fingerprint density at radius 1 is 1.31 bits per heavy atom. The Labute approximate surface area is 188 Å². The van der Waals surface area contributed by atoms with Crippen molar-refractivity contribution >= 4 is 41.5 Å². The number of ether oxygens (including phenoxy) is 1. The minimum absolute atomic E-state index is 0. The van der Waals surface area contributed by atoms with Crippen LogP contribution in [-0.4, -0.2) is 52.5 Å². The van der Waals surface area contributed by atoms with Gasteiger partial charge < -0.3 is 19.9 Å². The van der Waals surface area contributed by atoms with Crippen molar-refractivity contribution in [1.82, 2.24) is 30.4 Å². The summed E-state index contributed by atoms with van der Waals surface area (Å²) in [5, 5.41) is 13.8. The highest BCUT2D eigenvalue weighted by Gasteiger charge is 2.31. The molecule has 162 valence electrons. The molecule has 0 unspecified atom stereocenters. The maximum Gasteiger partial charge on any atom is 0.417 e. The summed E-state index contributed by atoms with van der Waals surface area (Å²) < 4.78 is 45.0. The standard InChI is InChI=1S/C16H21ClF3N7O.HI/c1-3-13-26-25-10-27(13)6-4-22-15(21-2)23-5-7-28-14-12(17)8-11(9-24-14)16(18,19)20;/h8-10H,3-7H2,1-2H3,(H2,21,22,23);1H. The Morgan fingerprint density at radius 2 is 2.03 bits per heavy atom. The molecule has 29 heavy (non-hydrogen) atoms. The second-order valence-electron chi connectivity index (χ2n) is 5.58. The highest BCUT2D eigenvalue weighted by molar-refractivity contribution is 14.0. The van der Waals surface area contributed by atoms with Gasteiger partial charge in [0.2, 0.25) is 5.88 Å². The Morgan fingerprint density at radius 3 is 2.66 bits per heavy atom. The number of rotatable bonds is 8. The lowest BCUT2D eigenvalue weighted by molar-refractivity contribution is -0.137. The molecule has 2 aromatic rings. The summed E-state index contributed by atoms with van der Waals surface area (Å²) in [6.07, 6.45) is -1.35. The molecule has 13 heteroatoms. The molecule has 0 amide bonds. The fourth-order valence-corrected chi connectivity index (χ4v) is 2.48. The second kappa shape index (κ2) is 12.0. The molecule has 0 aliphatic heterocycles. The highest BCUT2D eigenvalue weighted by atomic mass is 127. The summed E-state index contributed by atoms with van der Waals surface area (Å²) in [5.74, 6) is 1.40. The molecule has 2 aromatic heterocycles. The lowest BCUT2D eigenvalue weighted by Crippen LogP contribution is -2.40. The molecular formula is C16H22ClF3IN7O. The van der Waals surface area contributed by atoms with E-state index in [0.717, 1.165) is 18.3 Å². The summed E-state index contributed by atoms with van der Waals surface area (Å²) in [6.45, 7) is 3.79. The van der Waals surface area contributed by atoms with Crippen molar-refractivity contribution in [3.63, 3.8) is 0 Å². The van der Waals surface area contributed by atoms with Gasteiger partial charge in [-0.3, -0.25) is 4.99 Å². The quantitative estimate of drug-likeness (QED) is 0.229. The number of pyridine rings is 1. The van der Waals surface area contributed by atoms with Crippen molar-refractivity contribution in [2.45, 2.75) is 26.1 Å². The predicted molar refractivity (Wildman–Crippen MR) is 114 cm³/mol. The smallest absolute Gasteiger partial charge is 0.417 e. The van der Waals surface area contributed by atoms with Crippen LogP contribution in [0, 0.1) is 0 Å². The van der Waals surface area contributed by atoms with E-state index in [0.29, 0.717) is 31.8 Å². The average molecular weight is 548 g/mol. The molecule has 0 radical (unpaired) electrons. The lowest BCUT2D eigenvalue weighted by Gasteiger charge is -2.13. The first kappa shape index (κ1) is 25.2. The summed E-state index contributed by atoms with van der Waals surface area (Å²) in [7, 11) is 1.63. The SMILES string of the molecule is CCc1nncn1CCNC(=NC)NCCOc1ncc(C(F)(F)F)cc1Cl.I. The fraction of sp³-hybridized carbons (Fsp3) is 0.500. The van der Waals surface area contributed by atoms with Crippen LogP contribution in [0.25, 0.3) is 0 Å². The molecule has 0 atom stereocenters. The van der Waals surface area contributed by atoms with Gasteiger partial charge in [0, 0.05) is 32.8 Å². The van der Waals surface area contributed by atoms with Crippen molar-refractivity contribution < 1.29 is 17.9 Å². The molecule has 8 nitrogen and oxygen atoms in total. The van der Waals surface area contributed by atoms with Gasteiger partial charge in [-0.2, -0.15) is 13.2 Å². The van der Waals surface area contributed by atoms with Crippen LogP contribution in [0.1, 0.15) is 18.3 Å². The molecule has 0 aliphatic carbocycles. The normalized spacial score (nSPS) is 11.7. The Balaban J connectivity index is 0.00000420. The number of hydrogen-bond donors (Lipinski definition) is 2. The zero-order chi connectivity index (χ0) is 20.6. The fourth-order valence-electron chi connectivity index (χ4n) is 2.26. The van der Waals surface area contributed by atoms with E-state index >= 15 is 0 Å². The summed E-state index contributed by atoms with van der Waals surface area (Å²) in [5.41, 5.74) is -0.924. The van der Waals surface area contributed by atoms with E-state index in [9.17, 15) is 13.2 Å². The van der Waals surface area contributed by atoms with Gasteiger partial charge in [0.15, 0.2) is 5.96 Å². The number of alkyl halides is 3. The first-order chi connectivity index (χ1) is 13.3. The van der Waals surface area contributed by atoms with Gasteiger partial charge in [0.1, 0.15) is 23.8 Å². The van der Waals surface area contributed by atoms with Gasteiger partial charge in [-0.15, -0.1) is 34.2 Å². The van der Waals surface area contributed by atoms with Crippen LogP contribution in [0.3, 0.4) is 0 Å². The third-order valence-corrected chi connectivity index (χ3v) is 3.92. The molecule has 2 heterocycles. The molecule has 0 bridgehead atoms. The van der Waals surface area contributed by atoms with Crippen molar-refractivity contribution in [1.29, 1.82) is 0 Å². The van der Waals surface area contributed by atoms with Gasteiger partial charge in [0.25, 0.3) is 0 Å². The monoisotopic (exact) mass is 547 g/mol. The first-order valence-corrected chi connectivity index (χ1v) is 8.89. The van der Waals surface area contributed by atoms with Crippen LogP contribution in [0.2, 0.25) is 5.02 Å². The Hall–Kier alpha value is -1.83. The molecule has 0 aromatic carbocycles. The van der Waals surface area contributed by atoms with Crippen molar-refractivity contribution in [3.8, 4) is 5.88 Å². The number of guanidine groups is 1. The average Bonchev–Trinajstić information content (AvgIpc) is 3.11. The molecule has 2 N–H and O–H groups in total. The van der Waals surface area contributed by atoms with E-state index in [4.69, 9.17) is 16.3 Å². The van der Waals surface area contributed by atoms with E-state index in [1.165, 1.54) is 0 Å². The Kier molecular flexibility index (Phi) is 10.4. The van der Waals surface area contributed by atoms with E-state index in [-0.39, 0.29) is 41.5 Å². The van der Waals surface area contributed by atoms with E-state index in [1.807, 2.05) is 11.5 Å². The van der Waals surface area contributed by atoms with Crippen LogP contribution >= 0.6 is 35.6 Å². The van der Waals surface area contributed by atoms with Gasteiger partial charge in [-0.05, 0) is 6.07 Å². The van der Waals surface area contributed by atoms with Crippen LogP contribution in [-0.2, 0) is 19.1 Å². The zero-order valence-electron chi connectivity index (χ0n) is 15.8. The minimum Gasteiger partial charge on any atom is -0.475 e. The largest absolute Gasteiger partial charge is 0.475 e. The molecule has 0 spiro atoms. The highest BCUT2D eigenvalue weighted by Crippen LogP contribution is 2.32. The predicted octanol–water partition coefficient (Wildman–Crippen LogP) is 2.77. The number of aromatic nitrogens is 4. The summed E-state index contributed by atoms with van der Waals surface area (Å²) >= 11 is 5.79. The summed E-state index contributed by atoms with van der Waals surface area (Å²) in [6, 6.07) is 0.785.